The fourth-order valence-corrected chi connectivity index (χ4v) is 3.46. The molecule has 3 amide bonds. The van der Waals surface area contributed by atoms with E-state index in [9.17, 15) is 24.3 Å². The average Bonchev–Trinajstić information content (AvgIpc) is 3.36. The molecule has 38 heavy (non-hydrogen) atoms. The number of carbonyl (C=O) groups excluding carboxylic acids is 3. The third-order valence-electron chi connectivity index (χ3n) is 5.77. The molecule has 4 unspecified atom stereocenters. The summed E-state index contributed by atoms with van der Waals surface area (Å²) in [5.74, 6) is -3.33. The molecule has 1 aromatic heterocycles. The smallest absolute Gasteiger partial charge is 0.326 e. The van der Waals surface area contributed by atoms with Gasteiger partial charge in [-0.05, 0) is 44.6 Å². The number of amides is 3. The van der Waals surface area contributed by atoms with E-state index in [2.05, 4.69) is 30.9 Å². The molecule has 0 saturated carbocycles. The number of nitrogens with one attached hydrogen (secondary N) is 4. The molecule has 0 aromatic carbocycles. The maximum Gasteiger partial charge on any atom is 0.326 e. The average molecular weight is 539 g/mol. The van der Waals surface area contributed by atoms with Gasteiger partial charge in [0.25, 0.3) is 0 Å². The number of aliphatic imine (C=N–C) groups is 1. The summed E-state index contributed by atoms with van der Waals surface area (Å²) in [6, 6.07) is -4.18. The fraction of sp³-hybridized carbons (Fsp3) is 0.652. The normalized spacial score (nSPS) is 14.1. The van der Waals surface area contributed by atoms with Gasteiger partial charge in [0.15, 0.2) is 5.96 Å². The number of carboxylic acids is 1. The van der Waals surface area contributed by atoms with Gasteiger partial charge in [0, 0.05) is 24.9 Å². The third-order valence-corrected chi connectivity index (χ3v) is 5.77. The van der Waals surface area contributed by atoms with Crippen LogP contribution >= 0.6 is 0 Å². The van der Waals surface area contributed by atoms with Crippen molar-refractivity contribution in [2.24, 2.45) is 33.8 Å². The van der Waals surface area contributed by atoms with E-state index in [0.29, 0.717) is 31.5 Å². The van der Waals surface area contributed by atoms with Crippen LogP contribution in [0.1, 0.15) is 51.6 Å². The summed E-state index contributed by atoms with van der Waals surface area (Å²) in [5, 5.41) is 17.3. The maximum atomic E-state index is 13.3. The zero-order chi connectivity index (χ0) is 28.7. The van der Waals surface area contributed by atoms with Gasteiger partial charge in [-0.25, -0.2) is 9.78 Å². The first-order chi connectivity index (χ1) is 18.0. The lowest BCUT2D eigenvalue weighted by Gasteiger charge is -2.25. The predicted octanol–water partition coefficient (Wildman–Crippen LogP) is -2.34. The van der Waals surface area contributed by atoms with Crippen molar-refractivity contribution in [2.75, 3.05) is 13.1 Å². The Morgan fingerprint density at radius 1 is 0.974 bits per heavy atom. The largest absolute Gasteiger partial charge is 0.480 e. The van der Waals surface area contributed by atoms with Crippen LogP contribution in [0.2, 0.25) is 0 Å². The van der Waals surface area contributed by atoms with Crippen LogP contribution in [-0.4, -0.2) is 82.0 Å². The highest BCUT2D eigenvalue weighted by atomic mass is 16.4. The second-order valence-corrected chi connectivity index (χ2v) is 9.31. The molecular formula is C23H42N10O5. The minimum Gasteiger partial charge on any atom is -0.480 e. The van der Waals surface area contributed by atoms with Crippen LogP contribution in [0.5, 0.6) is 0 Å². The van der Waals surface area contributed by atoms with Crippen molar-refractivity contribution in [3.63, 3.8) is 0 Å². The van der Waals surface area contributed by atoms with E-state index < -0.39 is 47.9 Å². The monoisotopic (exact) mass is 538 g/mol. The molecule has 0 spiro atoms. The summed E-state index contributed by atoms with van der Waals surface area (Å²) in [7, 11) is 0. The lowest BCUT2D eigenvalue weighted by molar-refractivity contribution is -0.142. The predicted molar refractivity (Wildman–Crippen MR) is 141 cm³/mol. The van der Waals surface area contributed by atoms with Crippen molar-refractivity contribution in [3.05, 3.63) is 18.2 Å². The molecule has 0 radical (unpaired) electrons. The Morgan fingerprint density at radius 2 is 1.58 bits per heavy atom. The number of nitrogens with zero attached hydrogens (tertiary/aromatic N) is 2. The number of carboxylic acid groups (broad SMARTS) is 1. The van der Waals surface area contributed by atoms with Crippen molar-refractivity contribution in [1.29, 1.82) is 0 Å². The van der Waals surface area contributed by atoms with Gasteiger partial charge in [-0.1, -0.05) is 13.8 Å². The van der Waals surface area contributed by atoms with E-state index in [1.807, 2.05) is 0 Å². The Kier molecular flexibility index (Phi) is 14.4. The molecule has 15 heteroatoms. The van der Waals surface area contributed by atoms with E-state index in [1.165, 1.54) is 12.5 Å². The SMILES string of the molecule is CC(C)C(N)C(=O)NC(Cc1cnc[nH]1)C(=O)NC(CCCCN)C(=O)NC(CCCN=C(N)N)C(=O)O. The standard InChI is InChI=1S/C23H42N10O5/c1-13(2)18(25)21(36)33-17(10-14-11-28-12-30-14)20(35)31-15(6-3-4-8-24)19(34)32-16(22(37)38)7-5-9-29-23(26)27/h11-13,15-18H,3-10,24-25H2,1-2H3,(H,28,30)(H,31,35)(H,32,34)(H,33,36)(H,37,38)(H4,26,27,29). The third kappa shape index (κ3) is 12.0. The number of aromatic nitrogens is 2. The molecule has 4 atom stereocenters. The van der Waals surface area contributed by atoms with Crippen LogP contribution in [-0.2, 0) is 25.6 Å². The molecule has 0 aliphatic heterocycles. The molecule has 15 nitrogen and oxygen atoms in total. The van der Waals surface area contributed by atoms with Gasteiger partial charge < -0.3 is 49.0 Å². The number of nitrogens with two attached hydrogens (primary N) is 4. The number of hydrogen-bond donors (Lipinski definition) is 9. The Balaban J connectivity index is 3.02. The summed E-state index contributed by atoms with van der Waals surface area (Å²) < 4.78 is 0. The van der Waals surface area contributed by atoms with Crippen molar-refractivity contribution in [1.82, 2.24) is 25.9 Å². The van der Waals surface area contributed by atoms with E-state index in [0.717, 1.165) is 0 Å². The molecular weight excluding hydrogens is 496 g/mol. The number of H-pyrrole nitrogens is 1. The van der Waals surface area contributed by atoms with E-state index in [1.54, 1.807) is 13.8 Å². The first-order valence-electron chi connectivity index (χ1n) is 12.6. The number of unbranched alkanes of at least 4 members (excludes halogenated alkanes) is 1. The van der Waals surface area contributed by atoms with Crippen LogP contribution in [0.15, 0.2) is 17.5 Å². The fourth-order valence-electron chi connectivity index (χ4n) is 3.46. The highest BCUT2D eigenvalue weighted by Crippen LogP contribution is 2.07. The molecule has 1 rings (SSSR count). The van der Waals surface area contributed by atoms with E-state index >= 15 is 0 Å². The van der Waals surface area contributed by atoms with Crippen LogP contribution < -0.4 is 38.9 Å². The molecule has 1 heterocycles. The highest BCUT2D eigenvalue weighted by Gasteiger charge is 2.31. The molecule has 214 valence electrons. The number of imidazole rings is 1. The zero-order valence-electron chi connectivity index (χ0n) is 22.0. The molecule has 0 saturated heterocycles. The van der Waals surface area contributed by atoms with Gasteiger partial charge in [-0.3, -0.25) is 19.4 Å². The van der Waals surface area contributed by atoms with Crippen molar-refractivity contribution < 1.29 is 24.3 Å². The Morgan fingerprint density at radius 3 is 2.13 bits per heavy atom. The lowest BCUT2D eigenvalue weighted by atomic mass is 10.0. The molecule has 0 aliphatic carbocycles. The lowest BCUT2D eigenvalue weighted by Crippen LogP contribution is -2.58. The summed E-state index contributed by atoms with van der Waals surface area (Å²) in [5.41, 5.74) is 22.6. The quantitative estimate of drug-likeness (QED) is 0.0545. The molecule has 0 fully saturated rings. The number of carbonyl (C=O) groups is 4. The molecule has 0 bridgehead atoms. The summed E-state index contributed by atoms with van der Waals surface area (Å²) in [6.45, 7) is 4.15. The van der Waals surface area contributed by atoms with E-state index in [-0.39, 0.29) is 37.7 Å². The van der Waals surface area contributed by atoms with Crippen LogP contribution in [0.25, 0.3) is 0 Å². The molecule has 0 aliphatic rings. The summed E-state index contributed by atoms with van der Waals surface area (Å²) >= 11 is 0. The molecule has 13 N–H and O–H groups in total. The summed E-state index contributed by atoms with van der Waals surface area (Å²) in [4.78, 5) is 61.3. The van der Waals surface area contributed by atoms with Gasteiger partial charge in [-0.2, -0.15) is 0 Å². The van der Waals surface area contributed by atoms with Crippen LogP contribution in [0.3, 0.4) is 0 Å². The molecule has 1 aromatic rings. The minimum atomic E-state index is -1.23. The van der Waals surface area contributed by atoms with Gasteiger partial charge in [-0.15, -0.1) is 0 Å². The summed E-state index contributed by atoms with van der Waals surface area (Å²) in [6.07, 6.45) is 4.73. The Hall–Kier alpha value is -3.72. The number of hydrogen-bond acceptors (Lipinski definition) is 8. The van der Waals surface area contributed by atoms with Crippen LogP contribution in [0, 0.1) is 5.92 Å². The van der Waals surface area contributed by atoms with Crippen LogP contribution in [0.4, 0.5) is 0 Å². The van der Waals surface area contributed by atoms with Crippen molar-refractivity contribution in [2.45, 2.75) is 76.5 Å². The van der Waals surface area contributed by atoms with E-state index in [4.69, 9.17) is 22.9 Å². The minimum absolute atomic E-state index is 0.0715. The Bertz CT molecular complexity index is 918. The van der Waals surface area contributed by atoms with Gasteiger partial charge >= 0.3 is 5.97 Å². The Labute approximate surface area is 222 Å². The van der Waals surface area contributed by atoms with Gasteiger partial charge in [0.05, 0.1) is 12.4 Å². The first kappa shape index (κ1) is 32.3. The number of aliphatic carboxylic acids is 1. The maximum absolute atomic E-state index is 13.3. The second-order valence-electron chi connectivity index (χ2n) is 9.31. The zero-order valence-corrected chi connectivity index (χ0v) is 22.0. The number of rotatable bonds is 18. The second kappa shape index (κ2) is 16.9. The highest BCUT2D eigenvalue weighted by molar-refractivity contribution is 5.94. The topological polar surface area (TPSA) is 270 Å². The number of aromatic amines is 1. The van der Waals surface area contributed by atoms with Crippen molar-refractivity contribution in [3.8, 4) is 0 Å². The number of guanidine groups is 1. The van der Waals surface area contributed by atoms with Gasteiger partial charge in [0.1, 0.15) is 18.1 Å². The first-order valence-corrected chi connectivity index (χ1v) is 12.6. The van der Waals surface area contributed by atoms with Gasteiger partial charge in [0.2, 0.25) is 17.7 Å². The van der Waals surface area contributed by atoms with Crippen molar-refractivity contribution >= 4 is 29.7 Å².